The van der Waals surface area contributed by atoms with Crippen LogP contribution in [0.5, 0.6) is 0 Å². The van der Waals surface area contributed by atoms with Gasteiger partial charge in [0.05, 0.1) is 0 Å². The van der Waals surface area contributed by atoms with Gasteiger partial charge in [-0.15, -0.1) is 0 Å². The predicted octanol–water partition coefficient (Wildman–Crippen LogP) is 3.87. The van der Waals surface area contributed by atoms with Gasteiger partial charge in [-0.1, -0.05) is 55.5 Å². The Hall–Kier alpha value is -3.00. The minimum Gasteiger partial charge on any atom is -0.480 e. The summed E-state index contributed by atoms with van der Waals surface area (Å²) in [6.07, 6.45) is 1.84. The number of hydrogen-bond acceptors (Lipinski definition) is 5. The Bertz CT molecular complexity index is 951. The maximum atomic E-state index is 12.3. The minimum absolute atomic E-state index is 0.0133. The van der Waals surface area contributed by atoms with Crippen LogP contribution in [-0.4, -0.2) is 54.3 Å². The molecule has 0 spiro atoms. The van der Waals surface area contributed by atoms with Gasteiger partial charge in [0.1, 0.15) is 12.6 Å². The largest absolute Gasteiger partial charge is 0.480 e. The normalized spacial score (nSPS) is 14.0. The van der Waals surface area contributed by atoms with Crippen LogP contribution in [-0.2, 0) is 14.3 Å². The summed E-state index contributed by atoms with van der Waals surface area (Å²) in [5.74, 6) is -0.913. The lowest BCUT2D eigenvalue weighted by molar-refractivity contribution is -0.142. The van der Waals surface area contributed by atoms with Gasteiger partial charge < -0.3 is 20.5 Å². The maximum Gasteiger partial charge on any atom is 0.407 e. The van der Waals surface area contributed by atoms with Gasteiger partial charge in [0.2, 0.25) is 5.91 Å². The van der Waals surface area contributed by atoms with Crippen molar-refractivity contribution in [2.75, 3.05) is 25.2 Å². The molecule has 1 aliphatic carbocycles. The molecule has 2 aromatic rings. The van der Waals surface area contributed by atoms with Crippen molar-refractivity contribution in [1.29, 1.82) is 0 Å². The number of fused-ring (bicyclic) bond motifs is 3. The van der Waals surface area contributed by atoms with E-state index >= 15 is 0 Å². The highest BCUT2D eigenvalue weighted by Gasteiger charge is 2.29. The summed E-state index contributed by atoms with van der Waals surface area (Å²) in [6.45, 7) is 2.30. The molecule has 2 amide bonds. The molecule has 3 N–H and O–H groups in total. The van der Waals surface area contributed by atoms with Crippen LogP contribution in [0.2, 0.25) is 0 Å². The molecule has 176 valence electrons. The number of hydrogen-bond donors (Lipinski definition) is 3. The molecule has 7 nitrogen and oxygen atoms in total. The van der Waals surface area contributed by atoms with Crippen molar-refractivity contribution < 1.29 is 24.2 Å². The summed E-state index contributed by atoms with van der Waals surface area (Å²) in [5, 5.41) is 14.5. The molecule has 0 heterocycles. The zero-order valence-corrected chi connectivity index (χ0v) is 19.7. The SMILES string of the molecule is CSCCC(NC(=O)CC(C)CNC(=O)OCC1c2ccccc2-c2ccccc21)C(=O)O. The Kier molecular flexibility index (Phi) is 8.77. The maximum absolute atomic E-state index is 12.3. The van der Waals surface area contributed by atoms with Crippen molar-refractivity contribution >= 4 is 29.7 Å². The third kappa shape index (κ3) is 6.51. The molecule has 1 aliphatic rings. The number of benzene rings is 2. The number of carboxylic acids is 1. The van der Waals surface area contributed by atoms with Gasteiger partial charge in [-0.05, 0) is 46.6 Å². The van der Waals surface area contributed by atoms with E-state index in [-0.39, 0.29) is 37.3 Å². The summed E-state index contributed by atoms with van der Waals surface area (Å²) in [6, 6.07) is 15.4. The lowest BCUT2D eigenvalue weighted by Gasteiger charge is -2.17. The molecule has 0 aliphatic heterocycles. The quantitative estimate of drug-likeness (QED) is 0.460. The lowest BCUT2D eigenvalue weighted by Crippen LogP contribution is -2.42. The first-order valence-electron chi connectivity index (χ1n) is 11.0. The summed E-state index contributed by atoms with van der Waals surface area (Å²) in [7, 11) is 0. The number of thioether (sulfide) groups is 1. The van der Waals surface area contributed by atoms with Gasteiger partial charge in [-0.25, -0.2) is 9.59 Å². The molecule has 0 bridgehead atoms. The molecule has 8 heteroatoms. The van der Waals surface area contributed by atoms with Gasteiger partial charge in [0.15, 0.2) is 0 Å². The van der Waals surface area contributed by atoms with Crippen molar-refractivity contribution in [2.45, 2.75) is 31.7 Å². The zero-order valence-electron chi connectivity index (χ0n) is 18.9. The average Bonchev–Trinajstić information content (AvgIpc) is 3.12. The summed E-state index contributed by atoms with van der Waals surface area (Å²) in [5.41, 5.74) is 4.62. The first kappa shape index (κ1) is 24.6. The van der Waals surface area contributed by atoms with Crippen LogP contribution in [0.25, 0.3) is 11.1 Å². The molecule has 3 rings (SSSR count). The Morgan fingerprint density at radius 1 is 1.06 bits per heavy atom. The van der Waals surface area contributed by atoms with Crippen LogP contribution in [0.4, 0.5) is 4.79 Å². The van der Waals surface area contributed by atoms with Crippen molar-refractivity contribution in [1.82, 2.24) is 10.6 Å². The van der Waals surface area contributed by atoms with E-state index in [9.17, 15) is 19.5 Å². The number of rotatable bonds is 11. The second kappa shape index (κ2) is 11.7. The third-order valence-corrected chi connectivity index (χ3v) is 6.36. The third-order valence-electron chi connectivity index (χ3n) is 5.72. The van der Waals surface area contributed by atoms with Crippen molar-refractivity contribution in [2.24, 2.45) is 5.92 Å². The zero-order chi connectivity index (χ0) is 23.8. The van der Waals surface area contributed by atoms with Crippen LogP contribution in [0.3, 0.4) is 0 Å². The van der Waals surface area contributed by atoms with E-state index in [4.69, 9.17) is 4.74 Å². The van der Waals surface area contributed by atoms with Crippen LogP contribution in [0, 0.1) is 5.92 Å². The van der Waals surface area contributed by atoms with E-state index in [2.05, 4.69) is 34.9 Å². The van der Waals surface area contributed by atoms with Crippen molar-refractivity contribution in [3.63, 3.8) is 0 Å². The van der Waals surface area contributed by atoms with E-state index in [0.717, 1.165) is 11.1 Å². The molecule has 0 saturated carbocycles. The number of carbonyl (C=O) groups is 3. The van der Waals surface area contributed by atoms with Gasteiger partial charge in [0.25, 0.3) is 0 Å². The average molecular weight is 471 g/mol. The summed E-state index contributed by atoms with van der Waals surface area (Å²) >= 11 is 1.53. The molecule has 0 aromatic heterocycles. The Balaban J connectivity index is 1.45. The molecule has 2 aromatic carbocycles. The second-order valence-corrected chi connectivity index (χ2v) is 9.24. The molecular formula is C25H30N2O5S. The predicted molar refractivity (Wildman–Crippen MR) is 129 cm³/mol. The molecule has 2 unspecified atom stereocenters. The number of alkyl carbamates (subject to hydrolysis) is 1. The highest BCUT2D eigenvalue weighted by atomic mass is 32.2. The fourth-order valence-electron chi connectivity index (χ4n) is 4.04. The van der Waals surface area contributed by atoms with E-state index in [1.165, 1.54) is 22.9 Å². The standard InChI is InChI=1S/C25H30N2O5S/c1-16(13-23(28)27-22(24(29)30)11-12-33-2)14-26-25(31)32-15-21-19-9-5-3-7-17(19)18-8-4-6-10-20(18)21/h3-10,16,21-22H,11-15H2,1-2H3,(H,26,31)(H,27,28)(H,29,30). The molecule has 33 heavy (non-hydrogen) atoms. The van der Waals surface area contributed by atoms with Crippen molar-refractivity contribution in [3.8, 4) is 11.1 Å². The molecule has 0 saturated heterocycles. The Labute approximate surface area is 198 Å². The first-order valence-corrected chi connectivity index (χ1v) is 12.4. The van der Waals surface area contributed by atoms with Crippen LogP contribution < -0.4 is 10.6 Å². The highest BCUT2D eigenvalue weighted by molar-refractivity contribution is 7.98. The summed E-state index contributed by atoms with van der Waals surface area (Å²) < 4.78 is 5.50. The number of carboxylic acid groups (broad SMARTS) is 1. The number of ether oxygens (including phenoxy) is 1. The summed E-state index contributed by atoms with van der Waals surface area (Å²) in [4.78, 5) is 35.7. The minimum atomic E-state index is -1.04. The van der Waals surface area contributed by atoms with Crippen LogP contribution in [0.15, 0.2) is 48.5 Å². The second-order valence-electron chi connectivity index (χ2n) is 8.26. The molecule has 0 radical (unpaired) electrons. The molecule has 0 fully saturated rings. The van der Waals surface area contributed by atoms with E-state index in [1.54, 1.807) is 0 Å². The van der Waals surface area contributed by atoms with E-state index in [0.29, 0.717) is 12.2 Å². The number of aliphatic carboxylic acids is 1. The fourth-order valence-corrected chi connectivity index (χ4v) is 4.51. The molecular weight excluding hydrogens is 440 g/mol. The van der Waals surface area contributed by atoms with E-state index in [1.807, 2.05) is 37.4 Å². The van der Waals surface area contributed by atoms with Crippen molar-refractivity contribution in [3.05, 3.63) is 59.7 Å². The van der Waals surface area contributed by atoms with Gasteiger partial charge in [-0.3, -0.25) is 4.79 Å². The lowest BCUT2D eigenvalue weighted by atomic mass is 9.98. The van der Waals surface area contributed by atoms with E-state index < -0.39 is 18.1 Å². The van der Waals surface area contributed by atoms with Gasteiger partial charge in [-0.2, -0.15) is 11.8 Å². The smallest absolute Gasteiger partial charge is 0.407 e. The van der Waals surface area contributed by atoms with Gasteiger partial charge >= 0.3 is 12.1 Å². The monoisotopic (exact) mass is 470 g/mol. The number of amides is 2. The molecule has 2 atom stereocenters. The number of nitrogens with one attached hydrogen (secondary N) is 2. The van der Waals surface area contributed by atoms with Crippen LogP contribution in [0.1, 0.15) is 36.8 Å². The Morgan fingerprint density at radius 3 is 2.24 bits per heavy atom. The number of carbonyl (C=O) groups excluding carboxylic acids is 2. The first-order chi connectivity index (χ1) is 15.9. The topological polar surface area (TPSA) is 105 Å². The van der Waals surface area contributed by atoms with Crippen LogP contribution >= 0.6 is 11.8 Å². The fraction of sp³-hybridized carbons (Fsp3) is 0.400. The Morgan fingerprint density at radius 2 is 1.67 bits per heavy atom. The highest BCUT2D eigenvalue weighted by Crippen LogP contribution is 2.44. The van der Waals surface area contributed by atoms with Gasteiger partial charge in [0, 0.05) is 18.9 Å².